The van der Waals surface area contributed by atoms with Crippen LogP contribution in [0.2, 0.25) is 5.02 Å². The number of aryl methyl sites for hydroxylation is 1. The van der Waals surface area contributed by atoms with Crippen molar-refractivity contribution in [1.29, 1.82) is 0 Å². The van der Waals surface area contributed by atoms with Gasteiger partial charge in [0, 0.05) is 24.4 Å². The van der Waals surface area contributed by atoms with Crippen molar-refractivity contribution in [1.82, 2.24) is 14.1 Å². The van der Waals surface area contributed by atoms with Gasteiger partial charge in [0.1, 0.15) is 5.56 Å². The Labute approximate surface area is 166 Å². The van der Waals surface area contributed by atoms with Crippen molar-refractivity contribution in [2.24, 2.45) is 12.0 Å². The van der Waals surface area contributed by atoms with E-state index in [4.69, 9.17) is 16.0 Å². The van der Waals surface area contributed by atoms with Gasteiger partial charge in [0.25, 0.3) is 5.56 Å². The first-order valence-corrected chi connectivity index (χ1v) is 8.71. The molecule has 2 aromatic carbocycles. The third kappa shape index (κ3) is 3.27. The zero-order valence-electron chi connectivity index (χ0n) is 14.9. The number of aromatic nitrogens is 3. The van der Waals surface area contributed by atoms with E-state index in [-0.39, 0.29) is 5.56 Å². The number of nitrogens with zero attached hydrogens (tertiary/aromatic N) is 3. The van der Waals surface area contributed by atoms with Gasteiger partial charge in [0.05, 0.1) is 16.9 Å². The van der Waals surface area contributed by atoms with Crippen LogP contribution >= 0.6 is 11.6 Å². The minimum atomic E-state index is -0.806. The van der Waals surface area contributed by atoms with Crippen LogP contribution in [0.25, 0.3) is 16.8 Å². The van der Waals surface area contributed by atoms with Gasteiger partial charge in [-0.25, -0.2) is 14.2 Å². The molecular formula is C19H13ClN4O5. The number of rotatable bonds is 3. The Hall–Kier alpha value is -3.85. The molecular weight excluding hydrogens is 400 g/mol. The Kier molecular flexibility index (Phi) is 4.44. The molecule has 0 radical (unpaired) electrons. The number of H-pyrrole nitrogens is 1. The molecule has 2 heterocycles. The highest BCUT2D eigenvalue weighted by atomic mass is 35.5. The summed E-state index contributed by atoms with van der Waals surface area (Å²) in [5.41, 5.74) is -0.199. The van der Waals surface area contributed by atoms with Crippen LogP contribution in [-0.2, 0) is 7.05 Å². The predicted molar refractivity (Wildman–Crippen MR) is 108 cm³/mol. The van der Waals surface area contributed by atoms with E-state index in [9.17, 15) is 19.5 Å². The van der Waals surface area contributed by atoms with Crippen molar-refractivity contribution in [3.05, 3.63) is 84.4 Å². The summed E-state index contributed by atoms with van der Waals surface area (Å²) in [7, 11) is 1.58. The molecule has 4 rings (SSSR count). The summed E-state index contributed by atoms with van der Waals surface area (Å²) in [4.78, 5) is 42.2. The molecule has 0 aliphatic carbocycles. The largest absolute Gasteiger partial charge is 0.493 e. The number of aromatic hydroxyl groups is 1. The van der Waals surface area contributed by atoms with Crippen LogP contribution in [-0.4, -0.2) is 25.4 Å². The molecule has 2 N–H and O–H groups in total. The van der Waals surface area contributed by atoms with Crippen LogP contribution in [0, 0.1) is 0 Å². The zero-order chi connectivity index (χ0) is 20.7. The third-order valence-corrected chi connectivity index (χ3v) is 4.58. The van der Waals surface area contributed by atoms with Crippen molar-refractivity contribution in [2.45, 2.75) is 0 Å². The second kappa shape index (κ2) is 6.95. The second-order valence-electron chi connectivity index (χ2n) is 6.15. The topological polar surface area (TPSA) is 123 Å². The van der Waals surface area contributed by atoms with Gasteiger partial charge in [0.15, 0.2) is 5.58 Å². The van der Waals surface area contributed by atoms with Crippen molar-refractivity contribution in [2.75, 3.05) is 0 Å². The molecule has 9 nitrogen and oxygen atoms in total. The maximum atomic E-state index is 12.2. The minimum Gasteiger partial charge on any atom is -0.493 e. The van der Waals surface area contributed by atoms with Gasteiger partial charge in [-0.05, 0) is 36.4 Å². The molecule has 2 aromatic heterocycles. The van der Waals surface area contributed by atoms with Crippen LogP contribution in [0.1, 0.15) is 5.56 Å². The number of hydrogen-bond donors (Lipinski definition) is 2. The summed E-state index contributed by atoms with van der Waals surface area (Å²) in [5.74, 6) is -1.08. The summed E-state index contributed by atoms with van der Waals surface area (Å²) in [6, 6.07) is 10.9. The van der Waals surface area contributed by atoms with Gasteiger partial charge in [-0.3, -0.25) is 19.3 Å². The van der Waals surface area contributed by atoms with Gasteiger partial charge in [-0.15, -0.1) is 0 Å². The molecule has 146 valence electrons. The molecule has 0 aliphatic heterocycles. The number of benzene rings is 2. The Balaban J connectivity index is 1.80. The monoisotopic (exact) mass is 412 g/mol. The molecule has 29 heavy (non-hydrogen) atoms. The van der Waals surface area contributed by atoms with Crippen LogP contribution in [0.3, 0.4) is 0 Å². The molecule has 0 unspecified atom stereocenters. The highest BCUT2D eigenvalue weighted by Gasteiger charge is 2.14. The SMILES string of the molecule is Cn1c(=O)oc2cc(N=Cc3c(O)n(-c4ccc(Cl)cc4)c(=O)[nH]c3=O)ccc21. The Bertz CT molecular complexity index is 1440. The van der Waals surface area contributed by atoms with Gasteiger partial charge in [-0.2, -0.15) is 0 Å². The van der Waals surface area contributed by atoms with E-state index in [1.54, 1.807) is 31.3 Å². The number of aromatic amines is 1. The van der Waals surface area contributed by atoms with E-state index in [1.807, 2.05) is 0 Å². The molecule has 0 fully saturated rings. The first-order valence-electron chi connectivity index (χ1n) is 8.33. The fourth-order valence-electron chi connectivity index (χ4n) is 2.83. The van der Waals surface area contributed by atoms with Crippen LogP contribution in [0.5, 0.6) is 5.88 Å². The Morgan fingerprint density at radius 3 is 2.59 bits per heavy atom. The number of fused-ring (bicyclic) bond motifs is 1. The minimum absolute atomic E-state index is 0.214. The molecule has 10 heteroatoms. The number of aliphatic imine (C=N–C) groups is 1. The first kappa shape index (κ1) is 18.5. The maximum absolute atomic E-state index is 12.2. The fraction of sp³-hybridized carbons (Fsp3) is 0.0526. The normalized spacial score (nSPS) is 11.5. The molecule has 0 atom stereocenters. The fourth-order valence-corrected chi connectivity index (χ4v) is 2.95. The quantitative estimate of drug-likeness (QED) is 0.499. The third-order valence-electron chi connectivity index (χ3n) is 4.32. The number of hydrogen-bond acceptors (Lipinski definition) is 6. The van der Waals surface area contributed by atoms with Crippen LogP contribution < -0.4 is 17.0 Å². The highest BCUT2D eigenvalue weighted by Crippen LogP contribution is 2.21. The lowest BCUT2D eigenvalue weighted by Gasteiger charge is -2.09. The van der Waals surface area contributed by atoms with E-state index in [2.05, 4.69) is 9.98 Å². The summed E-state index contributed by atoms with van der Waals surface area (Å²) in [5, 5.41) is 11.0. The lowest BCUT2D eigenvalue weighted by Crippen LogP contribution is -2.31. The average molecular weight is 413 g/mol. The first-order chi connectivity index (χ1) is 13.8. The average Bonchev–Trinajstić information content (AvgIpc) is 2.96. The molecule has 4 aromatic rings. The summed E-state index contributed by atoms with van der Waals surface area (Å²) >= 11 is 5.85. The lowest BCUT2D eigenvalue weighted by atomic mass is 10.2. The number of nitrogens with one attached hydrogen (secondary N) is 1. The van der Waals surface area contributed by atoms with E-state index in [1.165, 1.54) is 22.8 Å². The van der Waals surface area contributed by atoms with E-state index < -0.39 is 22.9 Å². The summed E-state index contributed by atoms with van der Waals surface area (Å²) < 4.78 is 7.38. The van der Waals surface area contributed by atoms with Crippen molar-refractivity contribution >= 4 is 34.6 Å². The lowest BCUT2D eigenvalue weighted by molar-refractivity contribution is 0.430. The molecule has 0 aliphatic rings. The van der Waals surface area contributed by atoms with E-state index in [0.717, 1.165) is 10.8 Å². The van der Waals surface area contributed by atoms with Crippen molar-refractivity contribution in [3.8, 4) is 11.6 Å². The van der Waals surface area contributed by atoms with Crippen LogP contribution in [0.4, 0.5) is 5.69 Å². The van der Waals surface area contributed by atoms with Gasteiger partial charge < -0.3 is 9.52 Å². The molecule has 0 amide bonds. The molecule has 0 saturated carbocycles. The standard InChI is InChI=1S/C19H13ClN4O5/c1-23-14-7-4-11(8-15(14)29-19(23)28)21-9-13-16(25)22-18(27)24(17(13)26)12-5-2-10(20)3-6-12/h2-9,26H,1H3,(H,22,25,27). The summed E-state index contributed by atoms with van der Waals surface area (Å²) in [6.07, 6.45) is 1.13. The van der Waals surface area contributed by atoms with Crippen molar-refractivity contribution < 1.29 is 9.52 Å². The highest BCUT2D eigenvalue weighted by molar-refractivity contribution is 6.30. The van der Waals surface area contributed by atoms with Crippen molar-refractivity contribution in [3.63, 3.8) is 0 Å². The number of oxazole rings is 1. The Morgan fingerprint density at radius 1 is 1.14 bits per heavy atom. The molecule has 0 bridgehead atoms. The molecule has 0 saturated heterocycles. The zero-order valence-corrected chi connectivity index (χ0v) is 15.7. The van der Waals surface area contributed by atoms with E-state index in [0.29, 0.717) is 27.5 Å². The summed E-state index contributed by atoms with van der Waals surface area (Å²) in [6.45, 7) is 0. The smallest absolute Gasteiger partial charge is 0.419 e. The molecule has 0 spiro atoms. The number of halogens is 1. The Morgan fingerprint density at radius 2 is 1.86 bits per heavy atom. The van der Waals surface area contributed by atoms with Gasteiger partial charge >= 0.3 is 11.4 Å². The van der Waals surface area contributed by atoms with Gasteiger partial charge in [0.2, 0.25) is 5.88 Å². The van der Waals surface area contributed by atoms with Crippen LogP contribution in [0.15, 0.2) is 66.3 Å². The van der Waals surface area contributed by atoms with E-state index >= 15 is 0 Å². The second-order valence-corrected chi connectivity index (χ2v) is 6.58. The maximum Gasteiger partial charge on any atom is 0.419 e. The predicted octanol–water partition coefficient (Wildman–Crippen LogP) is 2.08. The van der Waals surface area contributed by atoms with Gasteiger partial charge in [-0.1, -0.05) is 11.6 Å².